The van der Waals surface area contributed by atoms with Gasteiger partial charge in [0.25, 0.3) is 0 Å². The van der Waals surface area contributed by atoms with Crippen LogP contribution < -0.4 is 16.0 Å². The molecule has 1 atom stereocenters. The molecule has 1 aromatic heterocycles. The van der Waals surface area contributed by atoms with Gasteiger partial charge in [0.05, 0.1) is 6.26 Å². The van der Waals surface area contributed by atoms with Gasteiger partial charge in [-0.2, -0.15) is 0 Å². The highest BCUT2D eigenvalue weighted by atomic mass is 127. The summed E-state index contributed by atoms with van der Waals surface area (Å²) in [5.41, 5.74) is 0. The zero-order valence-electron chi connectivity index (χ0n) is 14.3. The number of hydrogen-bond donors (Lipinski definition) is 3. The Labute approximate surface area is 165 Å². The monoisotopic (exact) mass is 462 g/mol. The number of carbonyl (C=O) groups is 1. The average molecular weight is 462 g/mol. The van der Waals surface area contributed by atoms with Crippen molar-refractivity contribution in [1.29, 1.82) is 0 Å². The molecular weight excluding hydrogens is 435 g/mol. The fraction of sp³-hybridized carbons (Fsp3) is 0.647. The number of nitrogens with zero attached hydrogens (tertiary/aromatic N) is 1. The molecule has 0 bridgehead atoms. The second-order valence-corrected chi connectivity index (χ2v) is 6.27. The largest absolute Gasteiger partial charge is 0.469 e. The number of carbonyl (C=O) groups excluding carboxylic acids is 1. The maximum atomic E-state index is 11.3. The standard InChI is InChI=1S/C17H26N4O3.HI/c22-16-4-3-14(12-19-16)21-17(20-13-6-10-23-11-7-13)18-8-5-15-2-1-9-24-15;/h1-2,9,13-14H,3-8,10-12H2,(H,19,22)(H2,18,20,21);1H. The molecule has 3 rings (SSSR count). The molecule has 2 aliphatic rings. The normalized spacial score (nSPS) is 22.0. The van der Waals surface area contributed by atoms with E-state index in [0.29, 0.717) is 25.6 Å². The first-order valence-corrected chi connectivity index (χ1v) is 8.74. The summed E-state index contributed by atoms with van der Waals surface area (Å²) in [6, 6.07) is 4.46. The van der Waals surface area contributed by atoms with E-state index < -0.39 is 0 Å². The number of aliphatic imine (C=N–C) groups is 1. The van der Waals surface area contributed by atoms with E-state index in [1.807, 2.05) is 12.1 Å². The van der Waals surface area contributed by atoms with Crippen LogP contribution in [0.25, 0.3) is 0 Å². The zero-order valence-corrected chi connectivity index (χ0v) is 16.7. The number of piperidine rings is 1. The fourth-order valence-corrected chi connectivity index (χ4v) is 2.95. The van der Waals surface area contributed by atoms with Crippen LogP contribution in [0, 0.1) is 0 Å². The average Bonchev–Trinajstić information content (AvgIpc) is 3.11. The summed E-state index contributed by atoms with van der Waals surface area (Å²) in [5.74, 6) is 1.88. The number of furan rings is 1. The van der Waals surface area contributed by atoms with Gasteiger partial charge in [0.1, 0.15) is 5.76 Å². The Kier molecular flexibility index (Phi) is 8.53. The minimum Gasteiger partial charge on any atom is -0.469 e. The summed E-state index contributed by atoms with van der Waals surface area (Å²) in [6.07, 6.45) is 5.83. The van der Waals surface area contributed by atoms with Gasteiger partial charge in [0.15, 0.2) is 5.96 Å². The van der Waals surface area contributed by atoms with Crippen LogP contribution in [0.1, 0.15) is 31.4 Å². The Morgan fingerprint density at radius 3 is 2.72 bits per heavy atom. The van der Waals surface area contributed by atoms with Gasteiger partial charge in [-0.25, -0.2) is 0 Å². The highest BCUT2D eigenvalue weighted by molar-refractivity contribution is 14.0. The van der Waals surface area contributed by atoms with E-state index in [2.05, 4.69) is 20.9 Å². The van der Waals surface area contributed by atoms with Gasteiger partial charge in [-0.15, -0.1) is 24.0 Å². The van der Waals surface area contributed by atoms with Crippen molar-refractivity contribution in [2.75, 3.05) is 26.3 Å². The molecule has 1 aromatic rings. The molecule has 2 aliphatic heterocycles. The molecule has 3 heterocycles. The van der Waals surface area contributed by atoms with Gasteiger partial charge in [0.2, 0.25) is 5.91 Å². The van der Waals surface area contributed by atoms with E-state index in [1.165, 1.54) is 0 Å². The highest BCUT2D eigenvalue weighted by Gasteiger charge is 2.21. The van der Waals surface area contributed by atoms with Crippen molar-refractivity contribution in [2.24, 2.45) is 4.99 Å². The Morgan fingerprint density at radius 2 is 2.04 bits per heavy atom. The first-order valence-electron chi connectivity index (χ1n) is 8.74. The van der Waals surface area contributed by atoms with Crippen LogP contribution in [0.15, 0.2) is 27.8 Å². The predicted octanol–water partition coefficient (Wildman–Crippen LogP) is 1.43. The number of rotatable bonds is 5. The molecule has 1 amide bonds. The molecule has 140 valence electrons. The van der Waals surface area contributed by atoms with E-state index >= 15 is 0 Å². The second kappa shape index (κ2) is 10.6. The number of amides is 1. The molecule has 25 heavy (non-hydrogen) atoms. The van der Waals surface area contributed by atoms with Crippen molar-refractivity contribution in [3.05, 3.63) is 24.2 Å². The molecule has 8 heteroatoms. The third-order valence-electron chi connectivity index (χ3n) is 4.38. The molecular formula is C17H27IN4O3. The maximum Gasteiger partial charge on any atom is 0.220 e. The topological polar surface area (TPSA) is 87.9 Å². The van der Waals surface area contributed by atoms with Gasteiger partial charge in [-0.05, 0) is 31.4 Å². The van der Waals surface area contributed by atoms with Gasteiger partial charge in [-0.1, -0.05) is 0 Å². The third kappa shape index (κ3) is 6.85. The lowest BCUT2D eigenvalue weighted by molar-refractivity contribution is -0.122. The molecule has 1 unspecified atom stereocenters. The van der Waals surface area contributed by atoms with Crippen LogP contribution in [0.3, 0.4) is 0 Å². The summed E-state index contributed by atoms with van der Waals surface area (Å²) in [6.45, 7) is 2.88. The molecule has 0 aliphatic carbocycles. The predicted molar refractivity (Wildman–Crippen MR) is 106 cm³/mol. The third-order valence-corrected chi connectivity index (χ3v) is 4.38. The number of nitrogens with one attached hydrogen (secondary N) is 3. The van der Waals surface area contributed by atoms with Gasteiger partial charge in [0, 0.05) is 51.2 Å². The fourth-order valence-electron chi connectivity index (χ4n) is 2.95. The number of guanidine groups is 1. The van der Waals surface area contributed by atoms with Crippen LogP contribution in [0.5, 0.6) is 0 Å². The van der Waals surface area contributed by atoms with Crippen LogP contribution in [-0.4, -0.2) is 50.3 Å². The van der Waals surface area contributed by atoms with Crippen molar-refractivity contribution >= 4 is 35.8 Å². The summed E-state index contributed by atoms with van der Waals surface area (Å²) >= 11 is 0. The lowest BCUT2D eigenvalue weighted by atomic mass is 10.1. The van der Waals surface area contributed by atoms with Crippen LogP contribution in [0.4, 0.5) is 0 Å². The summed E-state index contributed by atoms with van der Waals surface area (Å²) in [5, 5.41) is 9.87. The van der Waals surface area contributed by atoms with Crippen LogP contribution in [-0.2, 0) is 16.0 Å². The number of ether oxygens (including phenoxy) is 1. The molecule has 3 N–H and O–H groups in total. The Hall–Kier alpha value is -1.29. The molecule has 0 radical (unpaired) electrons. The Balaban J connectivity index is 0.00000225. The van der Waals surface area contributed by atoms with Crippen LogP contribution in [0.2, 0.25) is 0 Å². The Bertz CT molecular complexity index is 534. The summed E-state index contributed by atoms with van der Waals surface area (Å²) in [4.78, 5) is 16.0. The molecule has 2 saturated heterocycles. The number of halogens is 1. The SMILES string of the molecule is I.O=C1CCC(NC(=NCCc2ccco2)NC2CCOCC2)CN1. The van der Waals surface area contributed by atoms with Gasteiger partial charge in [-0.3, -0.25) is 9.79 Å². The first kappa shape index (κ1) is 20.0. The molecule has 2 fully saturated rings. The number of hydrogen-bond acceptors (Lipinski definition) is 4. The minimum atomic E-state index is 0. The molecule has 0 spiro atoms. The van der Waals surface area contributed by atoms with Crippen molar-refractivity contribution < 1.29 is 13.9 Å². The lowest BCUT2D eigenvalue weighted by Gasteiger charge is -2.29. The van der Waals surface area contributed by atoms with Crippen molar-refractivity contribution in [2.45, 2.75) is 44.2 Å². The van der Waals surface area contributed by atoms with E-state index in [4.69, 9.17) is 9.15 Å². The Morgan fingerprint density at radius 1 is 1.24 bits per heavy atom. The maximum absolute atomic E-state index is 11.3. The van der Waals surface area contributed by atoms with Gasteiger partial charge >= 0.3 is 0 Å². The van der Waals surface area contributed by atoms with Crippen molar-refractivity contribution in [3.8, 4) is 0 Å². The molecule has 0 saturated carbocycles. The molecule has 7 nitrogen and oxygen atoms in total. The van der Waals surface area contributed by atoms with Crippen molar-refractivity contribution in [3.63, 3.8) is 0 Å². The summed E-state index contributed by atoms with van der Waals surface area (Å²) < 4.78 is 10.8. The first-order chi connectivity index (χ1) is 11.8. The minimum absolute atomic E-state index is 0. The quantitative estimate of drug-likeness (QED) is 0.350. The van der Waals surface area contributed by atoms with E-state index in [9.17, 15) is 4.79 Å². The van der Waals surface area contributed by atoms with Crippen LogP contribution >= 0.6 is 24.0 Å². The van der Waals surface area contributed by atoms with E-state index in [-0.39, 0.29) is 35.9 Å². The van der Waals surface area contributed by atoms with Gasteiger partial charge < -0.3 is 25.1 Å². The second-order valence-electron chi connectivity index (χ2n) is 6.27. The smallest absolute Gasteiger partial charge is 0.220 e. The van der Waals surface area contributed by atoms with Crippen molar-refractivity contribution in [1.82, 2.24) is 16.0 Å². The van der Waals surface area contributed by atoms with E-state index in [1.54, 1.807) is 6.26 Å². The highest BCUT2D eigenvalue weighted by Crippen LogP contribution is 2.07. The van der Waals surface area contributed by atoms with E-state index in [0.717, 1.165) is 50.6 Å². The molecule has 0 aromatic carbocycles. The summed E-state index contributed by atoms with van der Waals surface area (Å²) in [7, 11) is 0. The zero-order chi connectivity index (χ0) is 16.6. The lowest BCUT2D eigenvalue weighted by Crippen LogP contribution is -2.53.